The monoisotopic (exact) mass is 895 g/mol. The summed E-state index contributed by atoms with van der Waals surface area (Å²) in [6, 6.07) is 25.4. The molecule has 2 aromatic heterocycles. The van der Waals surface area contributed by atoms with Crippen molar-refractivity contribution in [3.63, 3.8) is 0 Å². The summed E-state index contributed by atoms with van der Waals surface area (Å²) in [6.07, 6.45) is 15.5. The maximum Gasteiger partial charge on any atom is 0.138 e. The fourth-order valence-corrected chi connectivity index (χ4v) is 10.3. The summed E-state index contributed by atoms with van der Waals surface area (Å²) in [7, 11) is 0. The Morgan fingerprint density at radius 3 is 0.955 bits per heavy atom. The summed E-state index contributed by atoms with van der Waals surface area (Å²) in [5, 5.41) is 0. The van der Waals surface area contributed by atoms with Crippen molar-refractivity contribution < 1.29 is 18.9 Å². The molecule has 350 valence electrons. The second-order valence-corrected chi connectivity index (χ2v) is 19.0. The van der Waals surface area contributed by atoms with Gasteiger partial charge in [-0.2, -0.15) is 0 Å². The minimum Gasteiger partial charge on any atom is -0.492 e. The Bertz CT molecular complexity index is 2220. The van der Waals surface area contributed by atoms with E-state index in [1.54, 1.807) is 0 Å². The Kier molecular flexibility index (Phi) is 15.0. The van der Waals surface area contributed by atoms with Crippen LogP contribution in [0.2, 0.25) is 0 Å². The van der Waals surface area contributed by atoms with E-state index in [9.17, 15) is 0 Å². The Labute approximate surface area is 391 Å². The van der Waals surface area contributed by atoms with Gasteiger partial charge < -0.3 is 28.9 Å². The number of nitrogens with zero attached hydrogens (tertiary/aromatic N) is 6. The first kappa shape index (κ1) is 44.7. The molecule has 0 unspecified atom stereocenters. The molecule has 0 spiro atoms. The number of hydrogen-bond donors (Lipinski definition) is 2. The predicted molar refractivity (Wildman–Crippen MR) is 265 cm³/mol. The van der Waals surface area contributed by atoms with E-state index in [0.717, 1.165) is 158 Å². The molecule has 4 aliphatic rings. The lowest BCUT2D eigenvalue weighted by atomic mass is 10.0. The van der Waals surface area contributed by atoms with Gasteiger partial charge in [0.1, 0.15) is 61.1 Å². The Morgan fingerprint density at radius 1 is 0.348 bits per heavy atom. The summed E-state index contributed by atoms with van der Waals surface area (Å²) in [5.74, 6) is 4.85. The number of piperidine rings is 4. The van der Waals surface area contributed by atoms with Gasteiger partial charge >= 0.3 is 0 Å². The molecule has 12 nitrogen and oxygen atoms in total. The summed E-state index contributed by atoms with van der Waals surface area (Å²) in [5.41, 5.74) is 7.87. The maximum absolute atomic E-state index is 6.41. The molecule has 4 aliphatic heterocycles. The summed E-state index contributed by atoms with van der Waals surface area (Å²) in [4.78, 5) is 27.5. The van der Waals surface area contributed by atoms with Crippen molar-refractivity contribution in [3.8, 4) is 56.9 Å². The number of likely N-dealkylation sites (tertiary alicyclic amines) is 4. The van der Waals surface area contributed by atoms with Crippen molar-refractivity contribution in [1.82, 2.24) is 39.5 Å². The zero-order valence-electron chi connectivity index (χ0n) is 39.0. The van der Waals surface area contributed by atoms with Crippen molar-refractivity contribution in [3.05, 3.63) is 72.8 Å². The highest BCUT2D eigenvalue weighted by Gasteiger charge is 2.17. The predicted octanol–water partition coefficient (Wildman–Crippen LogP) is 9.90. The summed E-state index contributed by atoms with van der Waals surface area (Å²) >= 11 is 0. The molecule has 0 saturated carbocycles. The number of H-pyrrole nitrogens is 2. The van der Waals surface area contributed by atoms with Crippen molar-refractivity contribution in [1.29, 1.82) is 0 Å². The quantitative estimate of drug-likeness (QED) is 0.0817. The third kappa shape index (κ3) is 11.9. The zero-order chi connectivity index (χ0) is 44.3. The van der Waals surface area contributed by atoms with E-state index in [1.807, 2.05) is 12.1 Å². The molecule has 4 fully saturated rings. The number of nitrogens with one attached hydrogen (secondary N) is 2. The lowest BCUT2D eigenvalue weighted by Gasteiger charge is -2.26. The summed E-state index contributed by atoms with van der Waals surface area (Å²) < 4.78 is 25.6. The minimum absolute atomic E-state index is 0.649. The van der Waals surface area contributed by atoms with Gasteiger partial charge in [-0.25, -0.2) is 9.97 Å². The van der Waals surface area contributed by atoms with E-state index in [0.29, 0.717) is 26.4 Å². The molecule has 0 bridgehead atoms. The van der Waals surface area contributed by atoms with Gasteiger partial charge in [0.15, 0.2) is 0 Å². The number of imidazole rings is 2. The van der Waals surface area contributed by atoms with Gasteiger partial charge in [-0.15, -0.1) is 0 Å². The van der Waals surface area contributed by atoms with E-state index in [4.69, 9.17) is 28.9 Å². The molecule has 2 N–H and O–H groups in total. The zero-order valence-corrected chi connectivity index (χ0v) is 39.0. The third-order valence-electron chi connectivity index (χ3n) is 14.1. The standard InChI is InChI=1S/C54H70N8O4/c1-5-17-59(18-6-1)25-29-63-45-33-43(34-46(39-45)64-30-26-60-19-7-2-8-20-60)53-55-49-15-13-41(37-51(49)57-53)42-14-16-50-52(38-42)58-54(56-50)44-35-47(65-31-27-61-21-9-3-10-22-61)40-48(36-44)66-32-28-62-23-11-4-12-24-62/h13-16,33-40H,1-12,17-32H2,(H,55,57)(H,56,58). The Morgan fingerprint density at radius 2 is 0.652 bits per heavy atom. The van der Waals surface area contributed by atoms with E-state index in [-0.39, 0.29) is 0 Å². The van der Waals surface area contributed by atoms with Gasteiger partial charge in [-0.1, -0.05) is 37.8 Å². The average molecular weight is 895 g/mol. The van der Waals surface area contributed by atoms with Crippen molar-refractivity contribution in [2.24, 2.45) is 0 Å². The molecule has 0 aliphatic carbocycles. The van der Waals surface area contributed by atoms with E-state index in [2.05, 4.69) is 90.2 Å². The maximum atomic E-state index is 6.41. The highest BCUT2D eigenvalue weighted by atomic mass is 16.5. The Balaban J connectivity index is 0.858. The lowest BCUT2D eigenvalue weighted by molar-refractivity contribution is 0.179. The van der Waals surface area contributed by atoms with Gasteiger partial charge in [-0.05, 0) is 163 Å². The van der Waals surface area contributed by atoms with Crippen LogP contribution in [0.15, 0.2) is 72.8 Å². The van der Waals surface area contributed by atoms with Crippen LogP contribution >= 0.6 is 0 Å². The van der Waals surface area contributed by atoms with Crippen LogP contribution in [0.4, 0.5) is 0 Å². The molecule has 0 atom stereocenters. The molecule has 4 aromatic carbocycles. The molecule has 66 heavy (non-hydrogen) atoms. The number of benzene rings is 4. The molecule has 12 heteroatoms. The van der Waals surface area contributed by atoms with Gasteiger partial charge in [0, 0.05) is 49.4 Å². The van der Waals surface area contributed by atoms with Crippen LogP contribution in [-0.2, 0) is 0 Å². The van der Waals surface area contributed by atoms with Gasteiger partial charge in [0.05, 0.1) is 22.1 Å². The lowest BCUT2D eigenvalue weighted by Crippen LogP contribution is -2.33. The topological polar surface area (TPSA) is 107 Å². The first-order valence-corrected chi connectivity index (χ1v) is 25.4. The van der Waals surface area contributed by atoms with Crippen molar-refractivity contribution in [2.45, 2.75) is 77.0 Å². The van der Waals surface area contributed by atoms with Gasteiger partial charge in [0.2, 0.25) is 0 Å². The van der Waals surface area contributed by atoms with Crippen LogP contribution < -0.4 is 18.9 Å². The van der Waals surface area contributed by atoms with Crippen LogP contribution in [0.3, 0.4) is 0 Å². The number of rotatable bonds is 19. The van der Waals surface area contributed by atoms with Crippen LogP contribution in [-0.4, -0.2) is 145 Å². The fourth-order valence-electron chi connectivity index (χ4n) is 10.3. The molecular weight excluding hydrogens is 825 g/mol. The smallest absolute Gasteiger partial charge is 0.138 e. The van der Waals surface area contributed by atoms with Crippen LogP contribution in [0.25, 0.3) is 56.0 Å². The largest absolute Gasteiger partial charge is 0.492 e. The highest BCUT2D eigenvalue weighted by molar-refractivity contribution is 5.89. The number of aromatic nitrogens is 4. The van der Waals surface area contributed by atoms with E-state index < -0.39 is 0 Å². The van der Waals surface area contributed by atoms with Crippen LogP contribution in [0.5, 0.6) is 23.0 Å². The molecular formula is C54H70N8O4. The highest BCUT2D eigenvalue weighted by Crippen LogP contribution is 2.34. The van der Waals surface area contributed by atoms with Gasteiger partial charge in [0.25, 0.3) is 0 Å². The minimum atomic E-state index is 0.649. The molecule has 4 saturated heterocycles. The molecule has 6 heterocycles. The molecule has 0 radical (unpaired) electrons. The normalized spacial score (nSPS) is 18.2. The molecule has 10 rings (SSSR count). The number of aromatic amines is 2. The third-order valence-corrected chi connectivity index (χ3v) is 14.1. The van der Waals surface area contributed by atoms with Gasteiger partial charge in [-0.3, -0.25) is 19.6 Å². The van der Waals surface area contributed by atoms with Crippen LogP contribution in [0.1, 0.15) is 77.0 Å². The number of hydrogen-bond acceptors (Lipinski definition) is 10. The van der Waals surface area contributed by atoms with Crippen molar-refractivity contribution >= 4 is 22.1 Å². The first-order valence-electron chi connectivity index (χ1n) is 25.4. The summed E-state index contributed by atoms with van der Waals surface area (Å²) in [6.45, 7) is 15.6. The van der Waals surface area contributed by atoms with Crippen LogP contribution in [0, 0.1) is 0 Å². The average Bonchev–Trinajstić information content (AvgIpc) is 4.00. The molecule has 0 amide bonds. The SMILES string of the molecule is c1c(OCCN2CCCCC2)cc(-c2nc3ccc(-c4ccc5nc(-c6cc(OCCN7CCCCC7)cc(OCCN7CCCCC7)c6)[nH]c5c4)cc3[nH]2)cc1OCCN1CCCCC1. The second kappa shape index (κ2) is 22.1. The fraction of sp³-hybridized carbons (Fsp3) is 0.519. The second-order valence-electron chi connectivity index (χ2n) is 19.0. The first-order chi connectivity index (χ1) is 32.6. The number of fused-ring (bicyclic) bond motifs is 2. The number of ether oxygens (including phenoxy) is 4. The Hall–Kier alpha value is -5.14. The van der Waals surface area contributed by atoms with E-state index in [1.165, 1.54) is 77.0 Å². The van der Waals surface area contributed by atoms with Crippen molar-refractivity contribution in [2.75, 3.05) is 105 Å². The van der Waals surface area contributed by atoms with E-state index >= 15 is 0 Å². The molecule has 6 aromatic rings.